The van der Waals surface area contributed by atoms with Crippen LogP contribution in [0.15, 0.2) is 6.20 Å². The van der Waals surface area contributed by atoms with E-state index in [9.17, 15) is 0 Å². The summed E-state index contributed by atoms with van der Waals surface area (Å²) in [4.78, 5) is 5.89. The third-order valence-electron chi connectivity index (χ3n) is 4.29. The average molecular weight is 282 g/mol. The standard InChI is InChI=1S/C15H26N2OS/c1-6-11-9-16-14(19-11)10(3)17-12-8-13(18-7-2)15(12,4)5/h9-10,12-13,17H,6-8H2,1-5H3. The van der Waals surface area contributed by atoms with Crippen LogP contribution < -0.4 is 5.32 Å². The molecule has 1 aromatic heterocycles. The van der Waals surface area contributed by atoms with Crippen LogP contribution in [0.1, 0.15) is 57.0 Å². The summed E-state index contributed by atoms with van der Waals surface area (Å²) in [7, 11) is 0. The van der Waals surface area contributed by atoms with Gasteiger partial charge in [-0.15, -0.1) is 11.3 Å². The Balaban J connectivity index is 1.91. The van der Waals surface area contributed by atoms with Gasteiger partial charge in [-0.05, 0) is 26.7 Å². The molecule has 1 aromatic rings. The van der Waals surface area contributed by atoms with Gasteiger partial charge < -0.3 is 10.1 Å². The number of aryl methyl sites for hydroxylation is 1. The van der Waals surface area contributed by atoms with E-state index in [2.05, 4.69) is 44.9 Å². The van der Waals surface area contributed by atoms with E-state index in [1.807, 2.05) is 17.5 Å². The van der Waals surface area contributed by atoms with Gasteiger partial charge in [0.2, 0.25) is 0 Å². The molecule has 1 aliphatic rings. The lowest BCUT2D eigenvalue weighted by molar-refractivity contribution is -0.116. The highest BCUT2D eigenvalue weighted by molar-refractivity contribution is 7.11. The molecule has 0 bridgehead atoms. The van der Waals surface area contributed by atoms with Crippen molar-refractivity contribution >= 4 is 11.3 Å². The fourth-order valence-electron chi connectivity index (χ4n) is 2.71. The second-order valence-electron chi connectivity index (χ2n) is 5.96. The van der Waals surface area contributed by atoms with Crippen molar-refractivity contribution in [3.05, 3.63) is 16.1 Å². The predicted molar refractivity (Wildman–Crippen MR) is 80.6 cm³/mol. The van der Waals surface area contributed by atoms with Crippen LogP contribution in [0.25, 0.3) is 0 Å². The van der Waals surface area contributed by atoms with Crippen LogP contribution in [0.5, 0.6) is 0 Å². The van der Waals surface area contributed by atoms with E-state index in [-0.39, 0.29) is 5.41 Å². The molecule has 1 fully saturated rings. The van der Waals surface area contributed by atoms with E-state index in [1.54, 1.807) is 0 Å². The van der Waals surface area contributed by atoms with Gasteiger partial charge in [0, 0.05) is 29.1 Å². The van der Waals surface area contributed by atoms with Gasteiger partial charge in [-0.2, -0.15) is 0 Å². The first kappa shape index (κ1) is 14.9. The minimum absolute atomic E-state index is 0.217. The van der Waals surface area contributed by atoms with E-state index in [0.29, 0.717) is 18.2 Å². The Morgan fingerprint density at radius 2 is 2.26 bits per heavy atom. The average Bonchev–Trinajstić information content (AvgIpc) is 2.86. The van der Waals surface area contributed by atoms with Crippen LogP contribution in [-0.4, -0.2) is 23.7 Å². The number of rotatable bonds is 6. The van der Waals surface area contributed by atoms with Gasteiger partial charge in [0.15, 0.2) is 0 Å². The molecular formula is C15H26N2OS. The fourth-order valence-corrected chi connectivity index (χ4v) is 3.58. The monoisotopic (exact) mass is 282 g/mol. The molecule has 0 radical (unpaired) electrons. The van der Waals surface area contributed by atoms with Crippen LogP contribution >= 0.6 is 11.3 Å². The highest BCUT2D eigenvalue weighted by Gasteiger charge is 2.49. The number of nitrogens with zero attached hydrogens (tertiary/aromatic N) is 1. The molecule has 1 saturated carbocycles. The normalized spacial score (nSPS) is 27.0. The van der Waals surface area contributed by atoms with Crippen LogP contribution in [0.3, 0.4) is 0 Å². The quantitative estimate of drug-likeness (QED) is 0.866. The van der Waals surface area contributed by atoms with Crippen molar-refractivity contribution in [3.63, 3.8) is 0 Å². The van der Waals surface area contributed by atoms with E-state index < -0.39 is 0 Å². The molecule has 2 rings (SSSR count). The van der Waals surface area contributed by atoms with Crippen LogP contribution in [-0.2, 0) is 11.2 Å². The predicted octanol–water partition coefficient (Wildman–Crippen LogP) is 3.56. The van der Waals surface area contributed by atoms with Crippen molar-refractivity contribution in [2.45, 2.75) is 65.6 Å². The number of nitrogens with one attached hydrogen (secondary N) is 1. The van der Waals surface area contributed by atoms with E-state index in [4.69, 9.17) is 4.74 Å². The van der Waals surface area contributed by atoms with Gasteiger partial charge in [-0.1, -0.05) is 20.8 Å². The number of ether oxygens (including phenoxy) is 1. The molecule has 0 spiro atoms. The zero-order chi connectivity index (χ0) is 14.0. The third kappa shape index (κ3) is 3.01. The van der Waals surface area contributed by atoms with E-state index in [0.717, 1.165) is 19.4 Å². The van der Waals surface area contributed by atoms with Crippen molar-refractivity contribution in [1.82, 2.24) is 10.3 Å². The summed E-state index contributed by atoms with van der Waals surface area (Å²) in [5, 5.41) is 4.92. The van der Waals surface area contributed by atoms with Gasteiger partial charge in [-0.25, -0.2) is 4.98 Å². The summed E-state index contributed by atoms with van der Waals surface area (Å²) in [6, 6.07) is 0.852. The van der Waals surface area contributed by atoms with Gasteiger partial charge in [0.25, 0.3) is 0 Å². The molecule has 1 aliphatic carbocycles. The zero-order valence-electron chi connectivity index (χ0n) is 12.7. The lowest BCUT2D eigenvalue weighted by Gasteiger charge is -2.52. The lowest BCUT2D eigenvalue weighted by atomic mass is 9.64. The Morgan fingerprint density at radius 1 is 1.53 bits per heavy atom. The minimum atomic E-state index is 0.217. The van der Waals surface area contributed by atoms with Gasteiger partial charge in [0.05, 0.1) is 12.1 Å². The van der Waals surface area contributed by atoms with Gasteiger partial charge in [-0.3, -0.25) is 0 Å². The van der Waals surface area contributed by atoms with Crippen molar-refractivity contribution < 1.29 is 4.74 Å². The zero-order valence-corrected chi connectivity index (χ0v) is 13.5. The first-order chi connectivity index (χ1) is 8.98. The summed E-state index contributed by atoms with van der Waals surface area (Å²) in [5.41, 5.74) is 0.217. The first-order valence-electron chi connectivity index (χ1n) is 7.31. The molecule has 0 amide bonds. The number of thiazole rings is 1. The third-order valence-corrected chi connectivity index (χ3v) is 5.61. The fraction of sp³-hybridized carbons (Fsp3) is 0.800. The molecule has 0 aromatic carbocycles. The number of hydrogen-bond acceptors (Lipinski definition) is 4. The highest BCUT2D eigenvalue weighted by atomic mass is 32.1. The molecule has 3 nitrogen and oxygen atoms in total. The molecular weight excluding hydrogens is 256 g/mol. The molecule has 3 unspecified atom stereocenters. The largest absolute Gasteiger partial charge is 0.378 e. The maximum Gasteiger partial charge on any atom is 0.109 e. The van der Waals surface area contributed by atoms with Crippen molar-refractivity contribution in [1.29, 1.82) is 0 Å². The van der Waals surface area contributed by atoms with E-state index >= 15 is 0 Å². The maximum absolute atomic E-state index is 5.78. The topological polar surface area (TPSA) is 34.1 Å². The molecule has 1 N–H and O–H groups in total. The summed E-state index contributed by atoms with van der Waals surface area (Å²) >= 11 is 1.82. The molecule has 0 saturated heterocycles. The molecule has 108 valence electrons. The smallest absolute Gasteiger partial charge is 0.109 e. The maximum atomic E-state index is 5.78. The molecule has 3 atom stereocenters. The lowest BCUT2D eigenvalue weighted by Crippen LogP contribution is -2.61. The first-order valence-corrected chi connectivity index (χ1v) is 8.12. The Hall–Kier alpha value is -0.450. The summed E-state index contributed by atoms with van der Waals surface area (Å²) in [6.07, 6.45) is 4.58. The Bertz CT molecular complexity index is 416. The van der Waals surface area contributed by atoms with Crippen molar-refractivity contribution in [3.8, 4) is 0 Å². The van der Waals surface area contributed by atoms with Crippen LogP contribution in [0.2, 0.25) is 0 Å². The minimum Gasteiger partial charge on any atom is -0.378 e. The number of aromatic nitrogens is 1. The molecule has 4 heteroatoms. The molecule has 0 aliphatic heterocycles. The summed E-state index contributed by atoms with van der Waals surface area (Å²) < 4.78 is 5.78. The SMILES string of the molecule is CCOC1CC(NC(C)c2ncc(CC)s2)C1(C)C. The van der Waals surface area contributed by atoms with Crippen molar-refractivity contribution in [2.24, 2.45) is 5.41 Å². The highest BCUT2D eigenvalue weighted by Crippen LogP contribution is 2.43. The van der Waals surface area contributed by atoms with Gasteiger partial charge >= 0.3 is 0 Å². The van der Waals surface area contributed by atoms with Crippen LogP contribution in [0.4, 0.5) is 0 Å². The number of hydrogen-bond donors (Lipinski definition) is 1. The summed E-state index contributed by atoms with van der Waals surface area (Å²) in [6.45, 7) is 11.9. The second kappa shape index (κ2) is 5.90. The van der Waals surface area contributed by atoms with E-state index in [1.165, 1.54) is 9.88 Å². The van der Waals surface area contributed by atoms with Crippen molar-refractivity contribution in [2.75, 3.05) is 6.61 Å². The molecule has 19 heavy (non-hydrogen) atoms. The van der Waals surface area contributed by atoms with Crippen LogP contribution in [0, 0.1) is 5.41 Å². The Labute approximate surface area is 120 Å². The Morgan fingerprint density at radius 3 is 2.79 bits per heavy atom. The second-order valence-corrected chi connectivity index (χ2v) is 7.11. The van der Waals surface area contributed by atoms with Gasteiger partial charge in [0.1, 0.15) is 5.01 Å². The molecule has 1 heterocycles. The summed E-state index contributed by atoms with van der Waals surface area (Å²) in [5.74, 6) is 0. The Kier molecular flexibility index (Phi) is 4.64.